The van der Waals surface area contributed by atoms with E-state index >= 15 is 0 Å². The molecular formula is C23H17FO3. The van der Waals surface area contributed by atoms with E-state index in [1.165, 1.54) is 17.7 Å². The van der Waals surface area contributed by atoms with Gasteiger partial charge in [0.05, 0.1) is 5.56 Å². The Balaban J connectivity index is 1.52. The fourth-order valence-electron chi connectivity index (χ4n) is 2.84. The lowest BCUT2D eigenvalue weighted by Crippen LogP contribution is -1.98. The van der Waals surface area contributed by atoms with Crippen LogP contribution >= 0.6 is 0 Å². The predicted octanol–water partition coefficient (Wildman–Crippen LogP) is 5.33. The number of ketones is 1. The van der Waals surface area contributed by atoms with Crippen molar-refractivity contribution in [1.82, 2.24) is 0 Å². The number of fused-ring (bicyclic) bond motifs is 1. The van der Waals surface area contributed by atoms with Gasteiger partial charge in [-0.2, -0.15) is 0 Å². The quantitative estimate of drug-likeness (QED) is 0.590. The van der Waals surface area contributed by atoms with Gasteiger partial charge in [0.1, 0.15) is 23.9 Å². The van der Waals surface area contributed by atoms with Gasteiger partial charge < -0.3 is 9.47 Å². The van der Waals surface area contributed by atoms with Gasteiger partial charge in [0, 0.05) is 11.6 Å². The van der Waals surface area contributed by atoms with Gasteiger partial charge in [0.25, 0.3) is 0 Å². The number of allylic oxidation sites excluding steroid dienone is 1. The van der Waals surface area contributed by atoms with Crippen LogP contribution in [0.25, 0.3) is 6.08 Å². The number of rotatable bonds is 4. The molecule has 0 spiro atoms. The molecule has 0 saturated carbocycles. The van der Waals surface area contributed by atoms with E-state index in [2.05, 4.69) is 0 Å². The molecule has 1 aliphatic heterocycles. The molecule has 4 heteroatoms. The Morgan fingerprint density at radius 2 is 1.81 bits per heavy atom. The van der Waals surface area contributed by atoms with Crippen LogP contribution in [-0.2, 0) is 6.61 Å². The SMILES string of the molecule is Cc1ccc(COc2ccc3c(c2)O/C(=C\c2ccccc2F)C3=O)cc1. The zero-order chi connectivity index (χ0) is 18.8. The maximum atomic E-state index is 13.8. The second-order valence-corrected chi connectivity index (χ2v) is 6.39. The minimum absolute atomic E-state index is 0.103. The molecule has 134 valence electrons. The average molecular weight is 360 g/mol. The van der Waals surface area contributed by atoms with E-state index in [0.717, 1.165) is 5.56 Å². The third-order valence-electron chi connectivity index (χ3n) is 4.36. The van der Waals surface area contributed by atoms with Crippen LogP contribution in [0.3, 0.4) is 0 Å². The summed E-state index contributed by atoms with van der Waals surface area (Å²) in [6.45, 7) is 2.46. The van der Waals surface area contributed by atoms with E-state index in [1.54, 1.807) is 36.4 Å². The number of halogens is 1. The maximum Gasteiger partial charge on any atom is 0.231 e. The van der Waals surface area contributed by atoms with E-state index in [9.17, 15) is 9.18 Å². The summed E-state index contributed by atoms with van der Waals surface area (Å²) in [6, 6.07) is 19.4. The predicted molar refractivity (Wildman–Crippen MR) is 101 cm³/mol. The average Bonchev–Trinajstić information content (AvgIpc) is 2.98. The van der Waals surface area contributed by atoms with Gasteiger partial charge in [-0.05, 0) is 36.8 Å². The van der Waals surface area contributed by atoms with E-state index in [-0.39, 0.29) is 11.5 Å². The fourth-order valence-corrected chi connectivity index (χ4v) is 2.84. The van der Waals surface area contributed by atoms with Crippen LogP contribution in [-0.4, -0.2) is 5.78 Å². The van der Waals surface area contributed by atoms with Crippen LogP contribution in [0.1, 0.15) is 27.0 Å². The Morgan fingerprint density at radius 3 is 2.59 bits per heavy atom. The summed E-state index contributed by atoms with van der Waals surface area (Å²) in [4.78, 5) is 12.5. The van der Waals surface area contributed by atoms with Crippen LogP contribution in [0.15, 0.2) is 72.5 Å². The van der Waals surface area contributed by atoms with E-state index in [4.69, 9.17) is 9.47 Å². The van der Waals surface area contributed by atoms with Crippen LogP contribution in [0, 0.1) is 12.7 Å². The number of ether oxygens (including phenoxy) is 2. The molecule has 0 radical (unpaired) electrons. The molecule has 0 aromatic heterocycles. The van der Waals surface area contributed by atoms with Crippen molar-refractivity contribution in [2.75, 3.05) is 0 Å². The summed E-state index contributed by atoms with van der Waals surface area (Å²) in [5, 5.41) is 0. The number of benzene rings is 3. The van der Waals surface area contributed by atoms with Gasteiger partial charge in [-0.25, -0.2) is 4.39 Å². The van der Waals surface area contributed by atoms with Crippen LogP contribution < -0.4 is 9.47 Å². The van der Waals surface area contributed by atoms with Crippen molar-refractivity contribution in [3.05, 3.63) is 101 Å². The number of carbonyl (C=O) groups is 1. The number of aryl methyl sites for hydroxylation is 1. The van der Waals surface area contributed by atoms with Crippen molar-refractivity contribution in [1.29, 1.82) is 0 Å². The molecule has 0 unspecified atom stereocenters. The Bertz CT molecular complexity index is 1040. The molecule has 3 nitrogen and oxygen atoms in total. The maximum absolute atomic E-state index is 13.8. The highest BCUT2D eigenvalue weighted by Gasteiger charge is 2.28. The number of Topliss-reactive ketones (excluding diaryl/α,β-unsaturated/α-hetero) is 1. The van der Waals surface area contributed by atoms with Gasteiger partial charge in [-0.1, -0.05) is 48.0 Å². The summed E-state index contributed by atoms with van der Waals surface area (Å²) in [5.41, 5.74) is 3.00. The molecule has 0 saturated heterocycles. The minimum atomic E-state index is -0.403. The lowest BCUT2D eigenvalue weighted by molar-refractivity contribution is 0.101. The molecule has 4 rings (SSSR count). The number of hydrogen-bond acceptors (Lipinski definition) is 3. The van der Waals surface area contributed by atoms with Crippen LogP contribution in [0.5, 0.6) is 11.5 Å². The highest BCUT2D eigenvalue weighted by molar-refractivity contribution is 6.14. The lowest BCUT2D eigenvalue weighted by atomic mass is 10.1. The molecule has 1 heterocycles. The largest absolute Gasteiger partial charge is 0.489 e. The van der Waals surface area contributed by atoms with Crippen molar-refractivity contribution in [2.45, 2.75) is 13.5 Å². The van der Waals surface area contributed by atoms with Crippen molar-refractivity contribution < 1.29 is 18.7 Å². The molecule has 1 aliphatic rings. The highest BCUT2D eigenvalue weighted by atomic mass is 19.1. The Kier molecular flexibility index (Phi) is 4.47. The summed E-state index contributed by atoms with van der Waals surface area (Å²) >= 11 is 0. The van der Waals surface area contributed by atoms with E-state index < -0.39 is 5.82 Å². The third-order valence-corrected chi connectivity index (χ3v) is 4.36. The standard InChI is InChI=1S/C23H17FO3/c1-15-6-8-16(9-7-15)14-26-18-10-11-19-21(13-18)27-22(23(19)25)12-17-4-2-3-5-20(17)24/h2-13H,14H2,1H3/b22-12-. The van der Waals surface area contributed by atoms with Crippen molar-refractivity contribution >= 4 is 11.9 Å². The fraction of sp³-hybridized carbons (Fsp3) is 0.0870. The minimum Gasteiger partial charge on any atom is -0.489 e. The van der Waals surface area contributed by atoms with Gasteiger partial charge in [-0.3, -0.25) is 4.79 Å². The molecule has 0 N–H and O–H groups in total. The number of carbonyl (C=O) groups excluding carboxylic acids is 1. The Hall–Kier alpha value is -3.40. The number of hydrogen-bond donors (Lipinski definition) is 0. The van der Waals surface area contributed by atoms with Gasteiger partial charge in [0.15, 0.2) is 5.76 Å². The van der Waals surface area contributed by atoms with Crippen molar-refractivity contribution in [3.8, 4) is 11.5 Å². The zero-order valence-electron chi connectivity index (χ0n) is 14.7. The molecule has 0 atom stereocenters. The third kappa shape index (κ3) is 3.60. The van der Waals surface area contributed by atoms with Gasteiger partial charge >= 0.3 is 0 Å². The van der Waals surface area contributed by atoms with Crippen molar-refractivity contribution in [3.63, 3.8) is 0 Å². The normalized spacial score (nSPS) is 14.1. The zero-order valence-corrected chi connectivity index (χ0v) is 14.7. The second kappa shape index (κ2) is 7.08. The van der Waals surface area contributed by atoms with E-state index in [1.807, 2.05) is 31.2 Å². The summed E-state index contributed by atoms with van der Waals surface area (Å²) < 4.78 is 25.3. The molecule has 27 heavy (non-hydrogen) atoms. The van der Waals surface area contributed by atoms with Crippen LogP contribution in [0.2, 0.25) is 0 Å². The first-order chi connectivity index (χ1) is 13.1. The first kappa shape index (κ1) is 17.0. The topological polar surface area (TPSA) is 35.5 Å². The lowest BCUT2D eigenvalue weighted by Gasteiger charge is -2.07. The van der Waals surface area contributed by atoms with Crippen LogP contribution in [0.4, 0.5) is 4.39 Å². The van der Waals surface area contributed by atoms with Crippen molar-refractivity contribution in [2.24, 2.45) is 0 Å². The highest BCUT2D eigenvalue weighted by Crippen LogP contribution is 2.35. The molecular weight excluding hydrogens is 343 g/mol. The van der Waals surface area contributed by atoms with Gasteiger partial charge in [0.2, 0.25) is 5.78 Å². The Labute approximate surface area is 156 Å². The molecule has 0 amide bonds. The summed E-state index contributed by atoms with van der Waals surface area (Å²) in [7, 11) is 0. The first-order valence-corrected chi connectivity index (χ1v) is 8.61. The summed E-state index contributed by atoms with van der Waals surface area (Å²) in [5.74, 6) is 0.460. The van der Waals surface area contributed by atoms with Gasteiger partial charge in [-0.15, -0.1) is 0 Å². The molecule has 3 aromatic rings. The summed E-state index contributed by atoms with van der Waals surface area (Å²) in [6.07, 6.45) is 1.42. The monoisotopic (exact) mass is 360 g/mol. The Morgan fingerprint density at radius 1 is 1.04 bits per heavy atom. The molecule has 0 bridgehead atoms. The molecule has 3 aromatic carbocycles. The first-order valence-electron chi connectivity index (χ1n) is 8.61. The molecule has 0 aliphatic carbocycles. The smallest absolute Gasteiger partial charge is 0.231 e. The molecule has 0 fully saturated rings. The second-order valence-electron chi connectivity index (χ2n) is 6.39. The van der Waals surface area contributed by atoms with E-state index in [0.29, 0.717) is 29.2 Å².